The number of ether oxygens (including phenoxy) is 2. The second-order valence-corrected chi connectivity index (χ2v) is 8.60. The number of allylic oxidation sites excluding steroid dienone is 2. The third kappa shape index (κ3) is 3.69. The Morgan fingerprint density at radius 3 is 2.38 bits per heavy atom. The van der Waals surface area contributed by atoms with Crippen molar-refractivity contribution >= 4 is 17.4 Å². The summed E-state index contributed by atoms with van der Waals surface area (Å²) in [7, 11) is 1.36. The van der Waals surface area contributed by atoms with Gasteiger partial charge in [0.25, 0.3) is 0 Å². The molecule has 5 rings (SSSR count). The fourth-order valence-corrected chi connectivity index (χ4v) is 4.77. The minimum absolute atomic E-state index is 0.0724. The molecule has 0 bridgehead atoms. The maximum atomic E-state index is 13.4. The smallest absolute Gasteiger partial charge is 0.336 e. The van der Waals surface area contributed by atoms with Crippen molar-refractivity contribution in [1.82, 2.24) is 5.32 Å². The maximum absolute atomic E-state index is 13.4. The third-order valence-electron chi connectivity index (χ3n) is 6.36. The second-order valence-electron chi connectivity index (χ2n) is 8.60. The van der Waals surface area contributed by atoms with Gasteiger partial charge in [-0.15, -0.1) is 0 Å². The van der Waals surface area contributed by atoms with E-state index in [1.54, 1.807) is 0 Å². The van der Waals surface area contributed by atoms with Crippen molar-refractivity contribution < 1.29 is 19.1 Å². The van der Waals surface area contributed by atoms with Crippen LogP contribution in [0.1, 0.15) is 45.5 Å². The molecule has 2 aliphatic rings. The minimum atomic E-state index is -0.533. The SMILES string of the molecule is COC(=O)C1=C(C)NC2=C(C(=O)c3ccccc32)[C@@H]1c1ccc(OCc2cccc(C)c2)cc1. The van der Waals surface area contributed by atoms with E-state index in [1.165, 1.54) is 12.7 Å². The Morgan fingerprint density at radius 2 is 1.68 bits per heavy atom. The molecule has 1 aliphatic carbocycles. The number of nitrogens with one attached hydrogen (secondary N) is 1. The zero-order valence-corrected chi connectivity index (χ0v) is 19.3. The number of rotatable bonds is 5. The van der Waals surface area contributed by atoms with Crippen molar-refractivity contribution in [2.45, 2.75) is 26.4 Å². The van der Waals surface area contributed by atoms with E-state index in [1.807, 2.05) is 67.6 Å². The van der Waals surface area contributed by atoms with Crippen LogP contribution < -0.4 is 10.1 Å². The van der Waals surface area contributed by atoms with Crippen LogP contribution in [0.15, 0.2) is 89.6 Å². The molecule has 1 aliphatic heterocycles. The van der Waals surface area contributed by atoms with Crippen LogP contribution >= 0.6 is 0 Å². The molecule has 0 fully saturated rings. The van der Waals surface area contributed by atoms with Crippen molar-refractivity contribution in [2.24, 2.45) is 0 Å². The molecule has 34 heavy (non-hydrogen) atoms. The largest absolute Gasteiger partial charge is 0.489 e. The number of carbonyl (C=O) groups excluding carboxylic acids is 2. The number of fused-ring (bicyclic) bond motifs is 2. The van der Waals surface area contributed by atoms with E-state index in [0.29, 0.717) is 29.0 Å². The Balaban J connectivity index is 1.50. The van der Waals surface area contributed by atoms with Gasteiger partial charge in [0.1, 0.15) is 12.4 Å². The number of aryl methyl sites for hydroxylation is 1. The average Bonchev–Trinajstić information content (AvgIpc) is 3.13. The molecule has 3 aromatic carbocycles. The summed E-state index contributed by atoms with van der Waals surface area (Å²) in [5.41, 5.74) is 7.06. The first-order chi connectivity index (χ1) is 16.5. The zero-order valence-electron chi connectivity index (χ0n) is 19.3. The molecule has 3 aromatic rings. The summed E-state index contributed by atoms with van der Waals surface area (Å²) in [5.74, 6) is -0.342. The zero-order chi connectivity index (χ0) is 23.8. The number of methoxy groups -OCH3 is 1. The maximum Gasteiger partial charge on any atom is 0.336 e. The molecule has 0 spiro atoms. The van der Waals surface area contributed by atoms with Gasteiger partial charge in [0.2, 0.25) is 0 Å². The summed E-state index contributed by atoms with van der Waals surface area (Å²) in [4.78, 5) is 26.2. The van der Waals surface area contributed by atoms with E-state index in [-0.39, 0.29) is 5.78 Å². The number of hydrogen-bond donors (Lipinski definition) is 1. The molecular weight excluding hydrogens is 426 g/mol. The highest BCUT2D eigenvalue weighted by Crippen LogP contribution is 2.46. The van der Waals surface area contributed by atoms with Crippen molar-refractivity contribution in [3.8, 4) is 5.75 Å². The Kier molecular flexibility index (Phi) is 5.54. The minimum Gasteiger partial charge on any atom is -0.489 e. The van der Waals surface area contributed by atoms with Crippen LogP contribution in [0.5, 0.6) is 5.75 Å². The van der Waals surface area contributed by atoms with Gasteiger partial charge in [0, 0.05) is 28.3 Å². The monoisotopic (exact) mass is 451 g/mol. The fourth-order valence-electron chi connectivity index (χ4n) is 4.77. The Labute approximate surface area is 198 Å². The van der Waals surface area contributed by atoms with E-state index in [4.69, 9.17) is 9.47 Å². The van der Waals surface area contributed by atoms with Crippen molar-refractivity contribution in [1.29, 1.82) is 0 Å². The van der Waals surface area contributed by atoms with E-state index in [2.05, 4.69) is 24.4 Å². The highest BCUT2D eigenvalue weighted by Gasteiger charge is 2.42. The normalized spacial score (nSPS) is 16.7. The van der Waals surface area contributed by atoms with Crippen LogP contribution in [0.4, 0.5) is 0 Å². The summed E-state index contributed by atoms with van der Waals surface area (Å²) >= 11 is 0. The number of Topliss-reactive ketones (excluding diaryl/α,β-unsaturated/α-hetero) is 1. The summed E-state index contributed by atoms with van der Waals surface area (Å²) in [6, 6.07) is 23.3. The van der Waals surface area contributed by atoms with Crippen LogP contribution in [-0.4, -0.2) is 18.9 Å². The van der Waals surface area contributed by atoms with E-state index < -0.39 is 11.9 Å². The first kappa shape index (κ1) is 21.7. The van der Waals surface area contributed by atoms with Crippen LogP contribution in [0.2, 0.25) is 0 Å². The molecule has 1 N–H and O–H groups in total. The van der Waals surface area contributed by atoms with Crippen LogP contribution in [0, 0.1) is 6.92 Å². The molecular formula is C29H25NO4. The molecule has 0 amide bonds. The molecule has 5 heteroatoms. The molecule has 0 saturated carbocycles. The fraction of sp³-hybridized carbons (Fsp3) is 0.172. The number of hydrogen-bond acceptors (Lipinski definition) is 5. The summed E-state index contributed by atoms with van der Waals surface area (Å²) in [6.07, 6.45) is 0. The predicted molar refractivity (Wildman–Crippen MR) is 130 cm³/mol. The summed E-state index contributed by atoms with van der Waals surface area (Å²) in [6.45, 7) is 4.36. The van der Waals surface area contributed by atoms with Gasteiger partial charge >= 0.3 is 5.97 Å². The first-order valence-electron chi connectivity index (χ1n) is 11.2. The van der Waals surface area contributed by atoms with Gasteiger partial charge in [-0.1, -0.05) is 66.2 Å². The van der Waals surface area contributed by atoms with Gasteiger partial charge in [0.05, 0.1) is 18.4 Å². The van der Waals surface area contributed by atoms with Crippen molar-refractivity contribution in [3.63, 3.8) is 0 Å². The molecule has 1 atom stereocenters. The standard InChI is InChI=1S/C29H25NO4/c1-17-7-6-8-19(15-17)16-34-21-13-11-20(12-14-21)25-24(29(32)33-3)18(2)30-27-22-9-4-5-10-23(22)28(31)26(25)27/h4-15,25,30H,16H2,1-3H3/t25-/m1/s1. The van der Waals surface area contributed by atoms with Crippen molar-refractivity contribution in [2.75, 3.05) is 7.11 Å². The number of benzene rings is 3. The van der Waals surface area contributed by atoms with Crippen molar-refractivity contribution in [3.05, 3.63) is 117 Å². The predicted octanol–water partition coefficient (Wildman–Crippen LogP) is 5.32. The van der Waals surface area contributed by atoms with Gasteiger partial charge in [-0.25, -0.2) is 4.79 Å². The Morgan fingerprint density at radius 1 is 0.941 bits per heavy atom. The van der Waals surface area contributed by atoms with E-state index >= 15 is 0 Å². The van der Waals surface area contributed by atoms with Gasteiger partial charge in [0.15, 0.2) is 5.78 Å². The molecule has 170 valence electrons. The molecule has 0 unspecified atom stereocenters. The molecule has 5 nitrogen and oxygen atoms in total. The number of carbonyl (C=O) groups is 2. The molecule has 0 radical (unpaired) electrons. The average molecular weight is 452 g/mol. The van der Waals surface area contributed by atoms with Crippen LogP contribution in [-0.2, 0) is 16.1 Å². The Bertz CT molecular complexity index is 1360. The lowest BCUT2D eigenvalue weighted by Crippen LogP contribution is -2.29. The Hall–Kier alpha value is -4.12. The quantitative estimate of drug-likeness (QED) is 0.532. The lowest BCUT2D eigenvalue weighted by Gasteiger charge is -2.29. The third-order valence-corrected chi connectivity index (χ3v) is 6.36. The van der Waals surface area contributed by atoms with Gasteiger partial charge < -0.3 is 14.8 Å². The lowest BCUT2D eigenvalue weighted by atomic mass is 9.80. The molecule has 0 aromatic heterocycles. The highest BCUT2D eigenvalue weighted by atomic mass is 16.5. The highest BCUT2D eigenvalue weighted by molar-refractivity contribution is 6.23. The lowest BCUT2D eigenvalue weighted by molar-refractivity contribution is -0.136. The van der Waals surface area contributed by atoms with E-state index in [9.17, 15) is 9.59 Å². The summed E-state index contributed by atoms with van der Waals surface area (Å²) in [5, 5.41) is 3.30. The molecule has 1 heterocycles. The number of dihydropyridines is 1. The topological polar surface area (TPSA) is 64.6 Å². The number of ketones is 1. The summed E-state index contributed by atoms with van der Waals surface area (Å²) < 4.78 is 11.1. The molecule has 0 saturated heterocycles. The van der Waals surface area contributed by atoms with Crippen LogP contribution in [0.25, 0.3) is 5.70 Å². The number of esters is 1. The van der Waals surface area contributed by atoms with Crippen LogP contribution in [0.3, 0.4) is 0 Å². The van der Waals surface area contributed by atoms with Gasteiger partial charge in [-0.05, 0) is 37.1 Å². The second kappa shape index (κ2) is 8.67. The van der Waals surface area contributed by atoms with Gasteiger partial charge in [-0.2, -0.15) is 0 Å². The van der Waals surface area contributed by atoms with E-state index in [0.717, 1.165) is 28.1 Å². The van der Waals surface area contributed by atoms with Gasteiger partial charge in [-0.3, -0.25) is 4.79 Å². The first-order valence-corrected chi connectivity index (χ1v) is 11.2.